The summed E-state index contributed by atoms with van der Waals surface area (Å²) in [6, 6.07) is 0.237. The number of hydrogen-bond donors (Lipinski definition) is 1. The number of carboxylic acid groups (broad SMARTS) is 1. The molecular formula is C10H14N2O2S. The third-order valence-corrected chi connectivity index (χ3v) is 3.60. The van der Waals surface area contributed by atoms with Crippen LogP contribution in [0, 0.1) is 5.92 Å². The predicted octanol–water partition coefficient (Wildman–Crippen LogP) is 1.61. The van der Waals surface area contributed by atoms with Gasteiger partial charge in [0.15, 0.2) is 0 Å². The highest BCUT2D eigenvalue weighted by Crippen LogP contribution is 2.27. The molecule has 2 rings (SSSR count). The van der Waals surface area contributed by atoms with Gasteiger partial charge in [-0.2, -0.15) is 0 Å². The quantitative estimate of drug-likeness (QED) is 0.850. The fraction of sp³-hybridized carbons (Fsp3) is 0.600. The van der Waals surface area contributed by atoms with E-state index in [-0.39, 0.29) is 12.0 Å². The summed E-state index contributed by atoms with van der Waals surface area (Å²) in [4.78, 5) is 17.3. The summed E-state index contributed by atoms with van der Waals surface area (Å²) in [5.74, 6) is -0.880. The van der Waals surface area contributed by atoms with E-state index in [1.165, 1.54) is 0 Å². The molecule has 1 aromatic heterocycles. The van der Waals surface area contributed by atoms with E-state index in [1.54, 1.807) is 11.3 Å². The van der Waals surface area contributed by atoms with Crippen LogP contribution in [-0.2, 0) is 4.79 Å². The van der Waals surface area contributed by atoms with Crippen LogP contribution in [0.5, 0.6) is 0 Å². The van der Waals surface area contributed by atoms with Crippen molar-refractivity contribution in [1.82, 2.24) is 9.88 Å². The first kappa shape index (κ1) is 10.6. The van der Waals surface area contributed by atoms with Crippen LogP contribution in [0.15, 0.2) is 10.9 Å². The Balaban J connectivity index is 1.99. The molecule has 1 aromatic rings. The van der Waals surface area contributed by atoms with Crippen molar-refractivity contribution in [2.45, 2.75) is 19.4 Å². The SMILES string of the molecule is CC(c1cscn1)N1CCC(C(=O)O)C1. The second-order valence-corrected chi connectivity index (χ2v) is 4.63. The van der Waals surface area contributed by atoms with Crippen LogP contribution in [0.25, 0.3) is 0 Å². The van der Waals surface area contributed by atoms with Crippen LogP contribution < -0.4 is 0 Å². The minimum Gasteiger partial charge on any atom is -0.481 e. The molecule has 1 N–H and O–H groups in total. The van der Waals surface area contributed by atoms with Crippen molar-refractivity contribution in [3.63, 3.8) is 0 Å². The number of carbonyl (C=O) groups is 1. The Kier molecular flexibility index (Phi) is 3.02. The molecule has 1 fully saturated rings. The summed E-state index contributed by atoms with van der Waals surface area (Å²) >= 11 is 1.58. The van der Waals surface area contributed by atoms with Gasteiger partial charge in [-0.05, 0) is 19.9 Å². The second kappa shape index (κ2) is 4.28. The Bertz CT molecular complexity index is 339. The third kappa shape index (κ3) is 2.18. The van der Waals surface area contributed by atoms with Gasteiger partial charge in [-0.15, -0.1) is 11.3 Å². The number of rotatable bonds is 3. The number of hydrogen-bond acceptors (Lipinski definition) is 4. The zero-order chi connectivity index (χ0) is 10.8. The number of carboxylic acids is 1. The molecular weight excluding hydrogens is 212 g/mol. The lowest BCUT2D eigenvalue weighted by Crippen LogP contribution is -2.26. The van der Waals surface area contributed by atoms with E-state index in [0.29, 0.717) is 6.54 Å². The molecule has 2 unspecified atom stereocenters. The molecule has 1 saturated heterocycles. The third-order valence-electron chi connectivity index (χ3n) is 3.00. The average Bonchev–Trinajstić information content (AvgIpc) is 2.88. The van der Waals surface area contributed by atoms with Crippen LogP contribution >= 0.6 is 11.3 Å². The van der Waals surface area contributed by atoms with Crippen molar-refractivity contribution in [2.24, 2.45) is 5.92 Å². The number of aliphatic carboxylic acids is 1. The topological polar surface area (TPSA) is 53.4 Å². The lowest BCUT2D eigenvalue weighted by molar-refractivity contribution is -0.141. The number of likely N-dealkylation sites (tertiary alicyclic amines) is 1. The molecule has 5 heteroatoms. The standard InChI is InChI=1S/C10H14N2O2S/c1-7(9-5-15-6-11-9)12-3-2-8(4-12)10(13)14/h5-8H,2-4H2,1H3,(H,13,14). The van der Waals surface area contributed by atoms with Crippen molar-refractivity contribution in [2.75, 3.05) is 13.1 Å². The molecule has 0 aromatic carbocycles. The Morgan fingerprint density at radius 2 is 2.60 bits per heavy atom. The molecule has 0 spiro atoms. The molecule has 2 heterocycles. The summed E-state index contributed by atoms with van der Waals surface area (Å²) in [6.45, 7) is 3.59. The van der Waals surface area contributed by atoms with E-state index in [2.05, 4.69) is 16.8 Å². The maximum absolute atomic E-state index is 10.8. The number of aromatic nitrogens is 1. The molecule has 0 radical (unpaired) electrons. The van der Waals surface area contributed by atoms with Gasteiger partial charge in [0.1, 0.15) is 0 Å². The first-order valence-electron chi connectivity index (χ1n) is 5.03. The lowest BCUT2D eigenvalue weighted by Gasteiger charge is -2.22. The Morgan fingerprint density at radius 3 is 3.13 bits per heavy atom. The summed E-state index contributed by atoms with van der Waals surface area (Å²) in [7, 11) is 0. The van der Waals surface area contributed by atoms with E-state index in [0.717, 1.165) is 18.7 Å². The molecule has 0 bridgehead atoms. The highest BCUT2D eigenvalue weighted by Gasteiger charge is 2.31. The summed E-state index contributed by atoms with van der Waals surface area (Å²) in [5.41, 5.74) is 2.86. The number of nitrogens with zero attached hydrogens (tertiary/aromatic N) is 2. The zero-order valence-electron chi connectivity index (χ0n) is 8.59. The van der Waals surface area contributed by atoms with Gasteiger partial charge in [0.2, 0.25) is 0 Å². The van der Waals surface area contributed by atoms with Gasteiger partial charge >= 0.3 is 5.97 Å². The minimum atomic E-state index is -0.678. The largest absolute Gasteiger partial charge is 0.481 e. The summed E-state index contributed by atoms with van der Waals surface area (Å²) in [5, 5.41) is 10.9. The monoisotopic (exact) mass is 226 g/mol. The van der Waals surface area contributed by atoms with Crippen molar-refractivity contribution in [3.05, 3.63) is 16.6 Å². The molecule has 2 atom stereocenters. The van der Waals surface area contributed by atoms with Crippen molar-refractivity contribution in [3.8, 4) is 0 Å². The van der Waals surface area contributed by atoms with Crippen LogP contribution in [0.3, 0.4) is 0 Å². The second-order valence-electron chi connectivity index (χ2n) is 3.91. The van der Waals surface area contributed by atoms with Gasteiger partial charge in [-0.3, -0.25) is 9.69 Å². The van der Waals surface area contributed by atoms with Gasteiger partial charge in [0, 0.05) is 11.9 Å². The molecule has 1 aliphatic rings. The molecule has 15 heavy (non-hydrogen) atoms. The average molecular weight is 226 g/mol. The van der Waals surface area contributed by atoms with E-state index >= 15 is 0 Å². The Morgan fingerprint density at radius 1 is 1.80 bits per heavy atom. The van der Waals surface area contributed by atoms with Crippen LogP contribution in [-0.4, -0.2) is 34.0 Å². The van der Waals surface area contributed by atoms with Crippen LogP contribution in [0.4, 0.5) is 0 Å². The Labute approximate surface area is 92.6 Å². The first-order chi connectivity index (χ1) is 7.18. The van der Waals surface area contributed by atoms with Crippen LogP contribution in [0.1, 0.15) is 25.1 Å². The Hall–Kier alpha value is -0.940. The highest BCUT2D eigenvalue weighted by atomic mass is 32.1. The van der Waals surface area contributed by atoms with Gasteiger partial charge in [-0.25, -0.2) is 4.98 Å². The zero-order valence-corrected chi connectivity index (χ0v) is 9.41. The lowest BCUT2D eigenvalue weighted by atomic mass is 10.1. The summed E-state index contributed by atoms with van der Waals surface area (Å²) < 4.78 is 0. The molecule has 4 nitrogen and oxygen atoms in total. The molecule has 82 valence electrons. The fourth-order valence-corrected chi connectivity index (χ4v) is 2.60. The molecule has 0 saturated carbocycles. The number of thiazole rings is 1. The minimum absolute atomic E-state index is 0.203. The molecule has 0 amide bonds. The predicted molar refractivity (Wildman–Crippen MR) is 57.8 cm³/mol. The van der Waals surface area contributed by atoms with Gasteiger partial charge < -0.3 is 5.11 Å². The summed E-state index contributed by atoms with van der Waals surface area (Å²) in [6.07, 6.45) is 0.754. The van der Waals surface area contributed by atoms with E-state index < -0.39 is 5.97 Å². The first-order valence-corrected chi connectivity index (χ1v) is 5.97. The van der Waals surface area contributed by atoms with Crippen molar-refractivity contribution in [1.29, 1.82) is 0 Å². The van der Waals surface area contributed by atoms with Gasteiger partial charge in [-0.1, -0.05) is 0 Å². The maximum atomic E-state index is 10.8. The maximum Gasteiger partial charge on any atom is 0.307 e. The normalized spacial score (nSPS) is 24.2. The van der Waals surface area contributed by atoms with Crippen molar-refractivity contribution >= 4 is 17.3 Å². The van der Waals surface area contributed by atoms with E-state index in [1.807, 2.05) is 10.9 Å². The van der Waals surface area contributed by atoms with Crippen molar-refractivity contribution < 1.29 is 9.90 Å². The molecule has 0 aliphatic carbocycles. The molecule has 1 aliphatic heterocycles. The smallest absolute Gasteiger partial charge is 0.307 e. The highest BCUT2D eigenvalue weighted by molar-refractivity contribution is 7.07. The van der Waals surface area contributed by atoms with Crippen LogP contribution in [0.2, 0.25) is 0 Å². The fourth-order valence-electron chi connectivity index (χ4n) is 1.96. The van der Waals surface area contributed by atoms with Gasteiger partial charge in [0.25, 0.3) is 0 Å². The van der Waals surface area contributed by atoms with E-state index in [9.17, 15) is 4.79 Å². The van der Waals surface area contributed by atoms with E-state index in [4.69, 9.17) is 5.11 Å². The van der Waals surface area contributed by atoms with Gasteiger partial charge in [0.05, 0.1) is 23.2 Å².